The minimum absolute atomic E-state index is 0.446. The summed E-state index contributed by atoms with van der Waals surface area (Å²) in [5.41, 5.74) is 1.01. The highest BCUT2D eigenvalue weighted by Gasteiger charge is 2.17. The minimum Gasteiger partial charge on any atom is -0.348 e. The smallest absolute Gasteiger partial charge is 0.311 e. The monoisotopic (exact) mass is 262 g/mol. The Morgan fingerprint density at radius 2 is 1.84 bits per heavy atom. The first kappa shape index (κ1) is 15.2. The molecule has 0 bridgehead atoms. The van der Waals surface area contributed by atoms with Crippen LogP contribution < -0.4 is 5.32 Å². The van der Waals surface area contributed by atoms with Gasteiger partial charge in [-0.25, -0.2) is 0 Å². The molecule has 1 N–H and O–H groups in total. The molecule has 0 saturated heterocycles. The highest BCUT2D eigenvalue weighted by molar-refractivity contribution is 6.34. The number of hydrogen-bond acceptors (Lipinski definition) is 2. The topological polar surface area (TPSA) is 49.4 Å². The lowest BCUT2D eigenvalue weighted by molar-refractivity contribution is -0.145. The summed E-state index contributed by atoms with van der Waals surface area (Å²) >= 11 is 0. The summed E-state index contributed by atoms with van der Waals surface area (Å²) in [7, 11) is 1.64. The molecule has 1 rings (SSSR count). The van der Waals surface area contributed by atoms with Crippen LogP contribution in [0.25, 0.3) is 0 Å². The molecule has 0 saturated carbocycles. The van der Waals surface area contributed by atoms with Crippen LogP contribution in [-0.2, 0) is 16.1 Å². The average molecular weight is 262 g/mol. The zero-order valence-electron chi connectivity index (χ0n) is 11.7. The average Bonchev–Trinajstić information content (AvgIpc) is 2.43. The van der Waals surface area contributed by atoms with Crippen molar-refractivity contribution in [1.29, 1.82) is 0 Å². The number of carbonyl (C=O) groups is 2. The molecule has 104 valence electrons. The van der Waals surface area contributed by atoms with Crippen molar-refractivity contribution in [1.82, 2.24) is 10.2 Å². The van der Waals surface area contributed by atoms with Crippen LogP contribution in [0.1, 0.15) is 31.7 Å². The maximum absolute atomic E-state index is 11.8. The lowest BCUT2D eigenvalue weighted by atomic mass is 10.2. The molecule has 0 unspecified atom stereocenters. The molecule has 2 amide bonds. The molecule has 0 aliphatic heterocycles. The predicted octanol–water partition coefficient (Wildman–Crippen LogP) is 1.95. The Kier molecular flexibility index (Phi) is 6.64. The SMILES string of the molecule is CCCCCNC(=O)C(=O)N(C)Cc1ccccc1. The standard InChI is InChI=1S/C15H22N2O2/c1-3-4-8-11-16-14(18)15(19)17(2)12-13-9-6-5-7-10-13/h5-7,9-10H,3-4,8,11-12H2,1-2H3,(H,16,18). The van der Waals surface area contributed by atoms with E-state index in [0.29, 0.717) is 13.1 Å². The molecule has 1 aromatic carbocycles. The van der Waals surface area contributed by atoms with Gasteiger partial charge >= 0.3 is 11.8 Å². The van der Waals surface area contributed by atoms with Gasteiger partial charge in [0.25, 0.3) is 0 Å². The third-order valence-corrected chi connectivity index (χ3v) is 2.87. The second-order valence-electron chi connectivity index (χ2n) is 4.61. The van der Waals surface area contributed by atoms with Crippen molar-refractivity contribution >= 4 is 11.8 Å². The van der Waals surface area contributed by atoms with E-state index >= 15 is 0 Å². The number of hydrogen-bond donors (Lipinski definition) is 1. The van der Waals surface area contributed by atoms with Crippen LogP contribution in [0.3, 0.4) is 0 Å². The third kappa shape index (κ3) is 5.55. The van der Waals surface area contributed by atoms with Crippen molar-refractivity contribution in [3.63, 3.8) is 0 Å². The van der Waals surface area contributed by atoms with Gasteiger partial charge in [-0.3, -0.25) is 9.59 Å². The highest BCUT2D eigenvalue weighted by Crippen LogP contribution is 2.02. The van der Waals surface area contributed by atoms with Gasteiger partial charge in [-0.15, -0.1) is 0 Å². The summed E-state index contributed by atoms with van der Waals surface area (Å²) in [6, 6.07) is 9.62. The van der Waals surface area contributed by atoms with Gasteiger partial charge in [0.2, 0.25) is 0 Å². The Bertz CT molecular complexity index is 404. The van der Waals surface area contributed by atoms with E-state index in [4.69, 9.17) is 0 Å². The van der Waals surface area contributed by atoms with E-state index in [-0.39, 0.29) is 0 Å². The van der Waals surface area contributed by atoms with E-state index in [1.54, 1.807) is 7.05 Å². The van der Waals surface area contributed by atoms with E-state index in [9.17, 15) is 9.59 Å². The van der Waals surface area contributed by atoms with Crippen molar-refractivity contribution in [2.24, 2.45) is 0 Å². The lowest BCUT2D eigenvalue weighted by Gasteiger charge is -2.16. The fourth-order valence-electron chi connectivity index (χ4n) is 1.75. The van der Waals surface area contributed by atoms with Crippen LogP contribution in [0, 0.1) is 0 Å². The zero-order chi connectivity index (χ0) is 14.1. The number of likely N-dealkylation sites (N-methyl/N-ethyl adjacent to an activating group) is 1. The molecule has 0 spiro atoms. The summed E-state index contributed by atoms with van der Waals surface area (Å²) in [6.45, 7) is 3.11. The molecule has 0 aliphatic rings. The fraction of sp³-hybridized carbons (Fsp3) is 0.467. The van der Waals surface area contributed by atoms with E-state index in [0.717, 1.165) is 24.8 Å². The van der Waals surface area contributed by atoms with E-state index < -0.39 is 11.8 Å². The molecule has 4 nitrogen and oxygen atoms in total. The van der Waals surface area contributed by atoms with Crippen LogP contribution in [0.15, 0.2) is 30.3 Å². The maximum Gasteiger partial charge on any atom is 0.311 e. The molecule has 4 heteroatoms. The zero-order valence-corrected chi connectivity index (χ0v) is 11.7. The fourth-order valence-corrected chi connectivity index (χ4v) is 1.75. The second kappa shape index (κ2) is 8.29. The number of nitrogens with zero attached hydrogens (tertiary/aromatic N) is 1. The van der Waals surface area contributed by atoms with Gasteiger partial charge in [0.05, 0.1) is 0 Å². The quantitative estimate of drug-likeness (QED) is 0.629. The Balaban J connectivity index is 2.37. The van der Waals surface area contributed by atoms with Crippen molar-refractivity contribution in [3.05, 3.63) is 35.9 Å². The number of amides is 2. The first-order valence-electron chi connectivity index (χ1n) is 6.72. The van der Waals surface area contributed by atoms with Gasteiger partial charge in [-0.05, 0) is 12.0 Å². The Morgan fingerprint density at radius 3 is 2.47 bits per heavy atom. The number of benzene rings is 1. The Hall–Kier alpha value is -1.84. The van der Waals surface area contributed by atoms with Crippen molar-refractivity contribution in [2.75, 3.05) is 13.6 Å². The molecular formula is C15H22N2O2. The van der Waals surface area contributed by atoms with E-state index in [2.05, 4.69) is 12.2 Å². The van der Waals surface area contributed by atoms with E-state index in [1.165, 1.54) is 4.90 Å². The van der Waals surface area contributed by atoms with Gasteiger partial charge in [0, 0.05) is 20.1 Å². The number of unbranched alkanes of at least 4 members (excludes halogenated alkanes) is 2. The van der Waals surface area contributed by atoms with Crippen molar-refractivity contribution in [3.8, 4) is 0 Å². The molecule has 0 fully saturated rings. The molecule has 1 aromatic rings. The van der Waals surface area contributed by atoms with Crippen LogP contribution in [0.5, 0.6) is 0 Å². The van der Waals surface area contributed by atoms with Crippen LogP contribution in [-0.4, -0.2) is 30.3 Å². The van der Waals surface area contributed by atoms with Gasteiger partial charge in [0.15, 0.2) is 0 Å². The number of nitrogens with one attached hydrogen (secondary N) is 1. The van der Waals surface area contributed by atoms with Crippen molar-refractivity contribution in [2.45, 2.75) is 32.7 Å². The van der Waals surface area contributed by atoms with Gasteiger partial charge in [-0.2, -0.15) is 0 Å². The van der Waals surface area contributed by atoms with Crippen molar-refractivity contribution < 1.29 is 9.59 Å². The molecule has 19 heavy (non-hydrogen) atoms. The third-order valence-electron chi connectivity index (χ3n) is 2.87. The number of rotatable bonds is 6. The molecular weight excluding hydrogens is 240 g/mol. The lowest BCUT2D eigenvalue weighted by Crippen LogP contribution is -2.41. The highest BCUT2D eigenvalue weighted by atomic mass is 16.2. The first-order chi connectivity index (χ1) is 9.15. The van der Waals surface area contributed by atoms with E-state index in [1.807, 2.05) is 30.3 Å². The Labute approximate surface area is 114 Å². The summed E-state index contributed by atoms with van der Waals surface area (Å²) in [6.07, 6.45) is 3.07. The van der Waals surface area contributed by atoms with Gasteiger partial charge < -0.3 is 10.2 Å². The maximum atomic E-state index is 11.8. The summed E-state index contributed by atoms with van der Waals surface area (Å²) in [4.78, 5) is 24.9. The van der Waals surface area contributed by atoms with Crippen LogP contribution >= 0.6 is 0 Å². The van der Waals surface area contributed by atoms with Gasteiger partial charge in [0.1, 0.15) is 0 Å². The summed E-state index contributed by atoms with van der Waals surface area (Å²) in [5, 5.41) is 2.65. The second-order valence-corrected chi connectivity index (χ2v) is 4.61. The first-order valence-corrected chi connectivity index (χ1v) is 6.72. The Morgan fingerprint density at radius 1 is 1.16 bits per heavy atom. The normalized spacial score (nSPS) is 10.0. The molecule has 0 radical (unpaired) electrons. The minimum atomic E-state index is -0.519. The van der Waals surface area contributed by atoms with Gasteiger partial charge in [-0.1, -0.05) is 50.1 Å². The largest absolute Gasteiger partial charge is 0.348 e. The molecule has 0 heterocycles. The predicted molar refractivity (Wildman–Crippen MR) is 75.5 cm³/mol. The molecule has 0 atom stereocenters. The van der Waals surface area contributed by atoms with Crippen LogP contribution in [0.2, 0.25) is 0 Å². The van der Waals surface area contributed by atoms with Crippen LogP contribution in [0.4, 0.5) is 0 Å². The molecule has 0 aromatic heterocycles. The molecule has 0 aliphatic carbocycles. The summed E-state index contributed by atoms with van der Waals surface area (Å²) in [5.74, 6) is -1.00. The number of carbonyl (C=O) groups excluding carboxylic acids is 2. The summed E-state index contributed by atoms with van der Waals surface area (Å²) < 4.78 is 0.